The molecule has 1 atom stereocenters. The van der Waals surface area contributed by atoms with Gasteiger partial charge in [0.15, 0.2) is 19.3 Å². The fourth-order valence-electron chi connectivity index (χ4n) is 3.25. The first kappa shape index (κ1) is 15.2. The second-order valence-corrected chi connectivity index (χ2v) is 5.52. The Morgan fingerprint density at radius 3 is 2.83 bits per heavy atom. The Morgan fingerprint density at radius 2 is 2.08 bits per heavy atom. The third-order valence-corrected chi connectivity index (χ3v) is 4.38. The topological polar surface area (TPSA) is 83.5 Å². The third-order valence-electron chi connectivity index (χ3n) is 4.38. The summed E-state index contributed by atoms with van der Waals surface area (Å²) in [6.07, 6.45) is 2.00. The highest BCUT2D eigenvalue weighted by molar-refractivity contribution is 6.08. The molecule has 2 heterocycles. The second kappa shape index (κ2) is 5.62. The number of esters is 1. The Bertz CT molecular complexity index is 764. The molecule has 0 saturated carbocycles. The zero-order chi connectivity index (χ0) is 16.7. The first-order valence-corrected chi connectivity index (χ1v) is 7.50. The van der Waals surface area contributed by atoms with Crippen molar-refractivity contribution in [3.8, 4) is 5.75 Å². The van der Waals surface area contributed by atoms with Crippen LogP contribution in [0.1, 0.15) is 17.5 Å². The van der Waals surface area contributed by atoms with Crippen LogP contribution < -0.4 is 4.74 Å². The van der Waals surface area contributed by atoms with Crippen molar-refractivity contribution in [1.82, 2.24) is 0 Å². The number of hydrogen-bond donors (Lipinski definition) is 1. The van der Waals surface area contributed by atoms with E-state index in [1.54, 1.807) is 24.3 Å². The molecule has 1 fully saturated rings. The van der Waals surface area contributed by atoms with Crippen LogP contribution in [0.25, 0.3) is 5.57 Å². The van der Waals surface area contributed by atoms with Gasteiger partial charge in [-0.25, -0.2) is 4.79 Å². The zero-order valence-corrected chi connectivity index (χ0v) is 13.0. The number of fused-ring (bicyclic) bond motifs is 3. The predicted molar refractivity (Wildman–Crippen MR) is 80.3 cm³/mol. The van der Waals surface area contributed by atoms with Gasteiger partial charge in [0.1, 0.15) is 5.75 Å². The maximum atomic E-state index is 12.3. The predicted octanol–water partition coefficient (Wildman–Crippen LogP) is 1.46. The Labute approximate surface area is 138 Å². The van der Waals surface area contributed by atoms with Gasteiger partial charge in [0.2, 0.25) is 5.79 Å². The molecule has 0 spiro atoms. The number of carbonyl (C=O) groups excluding carboxylic acids is 1. The number of hydrogen-bond acceptors (Lipinski definition) is 7. The summed E-state index contributed by atoms with van der Waals surface area (Å²) >= 11 is 0. The number of aliphatic hydroxyl groups is 1. The molecule has 24 heavy (non-hydrogen) atoms. The van der Waals surface area contributed by atoms with Gasteiger partial charge in [0.05, 0.1) is 19.3 Å². The molecule has 0 radical (unpaired) electrons. The van der Waals surface area contributed by atoms with Crippen molar-refractivity contribution in [3.63, 3.8) is 0 Å². The van der Waals surface area contributed by atoms with E-state index < -0.39 is 11.8 Å². The normalized spacial score (nSPS) is 24.7. The van der Waals surface area contributed by atoms with Gasteiger partial charge in [-0.1, -0.05) is 18.2 Å². The largest absolute Gasteiger partial charge is 0.467 e. The van der Waals surface area contributed by atoms with Crippen molar-refractivity contribution in [3.05, 3.63) is 46.7 Å². The summed E-state index contributed by atoms with van der Waals surface area (Å²) in [7, 11) is 1.32. The molecular weight excluding hydrogens is 316 g/mol. The lowest BCUT2D eigenvalue weighted by Gasteiger charge is -2.30. The van der Waals surface area contributed by atoms with Crippen LogP contribution in [0.5, 0.6) is 5.75 Å². The van der Waals surface area contributed by atoms with E-state index in [-0.39, 0.29) is 20.2 Å². The molecule has 3 aliphatic rings. The highest BCUT2D eigenvalue weighted by atomic mass is 16.8. The van der Waals surface area contributed by atoms with Gasteiger partial charge in [0.25, 0.3) is 0 Å². The summed E-state index contributed by atoms with van der Waals surface area (Å²) < 4.78 is 27.7. The lowest BCUT2D eigenvalue weighted by Crippen LogP contribution is -2.37. The Kier molecular flexibility index (Phi) is 3.56. The summed E-state index contributed by atoms with van der Waals surface area (Å²) in [5.41, 5.74) is 2.03. The molecule has 7 nitrogen and oxygen atoms in total. The van der Waals surface area contributed by atoms with Gasteiger partial charge in [-0.3, -0.25) is 0 Å². The summed E-state index contributed by atoms with van der Waals surface area (Å²) in [5, 5.41) is 9.84. The Hall–Kier alpha value is -2.35. The lowest BCUT2D eigenvalue weighted by molar-refractivity contribution is -0.216. The lowest BCUT2D eigenvalue weighted by atomic mass is 9.85. The minimum Gasteiger partial charge on any atom is -0.467 e. The molecular formula is C17H16O7. The van der Waals surface area contributed by atoms with Gasteiger partial charge in [-0.2, -0.15) is 0 Å². The van der Waals surface area contributed by atoms with E-state index in [2.05, 4.69) is 0 Å². The molecule has 1 N–H and O–H groups in total. The quantitative estimate of drug-likeness (QED) is 0.821. The average Bonchev–Trinajstić information content (AvgIpc) is 3.03. The number of aliphatic hydroxyl groups excluding tert-OH is 1. The van der Waals surface area contributed by atoms with E-state index in [9.17, 15) is 9.90 Å². The first-order valence-electron chi connectivity index (χ1n) is 7.50. The molecule has 1 unspecified atom stereocenters. The van der Waals surface area contributed by atoms with Gasteiger partial charge >= 0.3 is 5.97 Å². The van der Waals surface area contributed by atoms with Crippen molar-refractivity contribution < 1.29 is 33.6 Å². The molecule has 1 aliphatic carbocycles. The van der Waals surface area contributed by atoms with Crippen molar-refractivity contribution in [2.45, 2.75) is 18.8 Å². The summed E-state index contributed by atoms with van der Waals surface area (Å²) in [5.74, 6) is -0.736. The molecule has 4 bridgehead atoms. The Morgan fingerprint density at radius 1 is 1.29 bits per heavy atom. The zero-order valence-electron chi connectivity index (χ0n) is 13.0. The minimum atomic E-state index is -1.13. The number of ether oxygens (including phenoxy) is 5. The maximum Gasteiger partial charge on any atom is 0.338 e. The minimum absolute atomic E-state index is 0.00920. The molecule has 7 heteroatoms. The molecule has 4 rings (SSSR count). The fourth-order valence-corrected chi connectivity index (χ4v) is 3.25. The molecule has 1 aromatic rings. The summed E-state index contributed by atoms with van der Waals surface area (Å²) in [6, 6.07) is 5.31. The molecule has 0 aromatic heterocycles. The van der Waals surface area contributed by atoms with Gasteiger partial charge < -0.3 is 28.8 Å². The van der Waals surface area contributed by atoms with E-state index in [0.717, 1.165) is 0 Å². The maximum absolute atomic E-state index is 12.3. The van der Waals surface area contributed by atoms with Crippen LogP contribution in [0.4, 0.5) is 0 Å². The van der Waals surface area contributed by atoms with E-state index in [1.165, 1.54) is 7.11 Å². The van der Waals surface area contributed by atoms with Crippen molar-refractivity contribution in [2.24, 2.45) is 0 Å². The smallest absolute Gasteiger partial charge is 0.338 e. The van der Waals surface area contributed by atoms with E-state index >= 15 is 0 Å². The summed E-state index contributed by atoms with van der Waals surface area (Å²) in [4.78, 5) is 12.3. The van der Waals surface area contributed by atoms with E-state index in [4.69, 9.17) is 23.7 Å². The van der Waals surface area contributed by atoms with Crippen molar-refractivity contribution >= 4 is 11.5 Å². The van der Waals surface area contributed by atoms with Gasteiger partial charge in [-0.15, -0.1) is 0 Å². The molecule has 126 valence electrons. The van der Waals surface area contributed by atoms with Crippen molar-refractivity contribution in [2.75, 3.05) is 20.7 Å². The van der Waals surface area contributed by atoms with Crippen LogP contribution in [0.15, 0.2) is 35.6 Å². The van der Waals surface area contributed by atoms with Crippen LogP contribution in [0, 0.1) is 0 Å². The van der Waals surface area contributed by atoms with Crippen LogP contribution in [-0.4, -0.2) is 37.6 Å². The van der Waals surface area contributed by atoms with Crippen LogP contribution in [0.2, 0.25) is 0 Å². The number of benzene rings is 1. The number of rotatable bonds is 2. The van der Waals surface area contributed by atoms with Crippen LogP contribution in [0.3, 0.4) is 0 Å². The second-order valence-electron chi connectivity index (χ2n) is 5.52. The number of carbonyl (C=O) groups is 1. The first-order chi connectivity index (χ1) is 11.7. The van der Waals surface area contributed by atoms with Crippen molar-refractivity contribution in [1.29, 1.82) is 0 Å². The standard InChI is InChI=1S/C17H16O7/c1-20-16(19)11-5-6-17-15(22-9-24-17)14(11)10-3-2-4-13(12(10)7-18)21-8-23-17/h2-5,18H,6-9H2,1H3. The van der Waals surface area contributed by atoms with E-state index in [0.29, 0.717) is 40.2 Å². The van der Waals surface area contributed by atoms with Gasteiger partial charge in [0, 0.05) is 17.6 Å². The molecule has 2 aliphatic heterocycles. The fraction of sp³-hybridized carbons (Fsp3) is 0.353. The summed E-state index contributed by atoms with van der Waals surface area (Å²) in [6.45, 7) is -0.322. The molecule has 1 saturated heterocycles. The van der Waals surface area contributed by atoms with Gasteiger partial charge in [-0.05, 0) is 11.6 Å². The third kappa shape index (κ3) is 2.06. The molecule has 1 aromatic carbocycles. The highest BCUT2D eigenvalue weighted by Gasteiger charge is 2.50. The Balaban J connectivity index is 2.01. The SMILES string of the molecule is COC(=O)C1=CCC23OCOC2=C1c1cccc(c1CO)OCO3. The average molecular weight is 332 g/mol. The monoisotopic (exact) mass is 332 g/mol. The molecule has 0 amide bonds. The number of methoxy groups -OCH3 is 1. The van der Waals surface area contributed by atoms with E-state index in [1.807, 2.05) is 0 Å². The highest BCUT2D eigenvalue weighted by Crippen LogP contribution is 2.48. The van der Waals surface area contributed by atoms with Crippen LogP contribution >= 0.6 is 0 Å². The van der Waals surface area contributed by atoms with Crippen LogP contribution in [-0.2, 0) is 30.3 Å².